The van der Waals surface area contributed by atoms with Crippen molar-refractivity contribution in [1.29, 1.82) is 0 Å². The number of hydrogen-bond acceptors (Lipinski definition) is 3. The van der Waals surface area contributed by atoms with E-state index in [1.54, 1.807) is 6.92 Å². The second-order valence-electron chi connectivity index (χ2n) is 6.93. The summed E-state index contributed by atoms with van der Waals surface area (Å²) in [5.74, 6) is -1.40. The minimum atomic E-state index is -0.971. The van der Waals surface area contributed by atoms with Crippen molar-refractivity contribution in [3.05, 3.63) is 12.7 Å². The molecule has 0 spiro atoms. The summed E-state index contributed by atoms with van der Waals surface area (Å²) in [6.45, 7) is 13.3. The van der Waals surface area contributed by atoms with Gasteiger partial charge in [-0.25, -0.2) is 0 Å². The number of carbonyl (C=O) groups excluding carboxylic acids is 1. The van der Waals surface area contributed by atoms with E-state index in [0.29, 0.717) is 6.42 Å². The van der Waals surface area contributed by atoms with Crippen molar-refractivity contribution < 1.29 is 19.5 Å². The SMILES string of the molecule is C=CCCCCC(O)C[N+](CCC)(CCC)CCC(C)C(=O)[O-]. The zero-order chi connectivity index (χ0) is 17.7. The first-order chi connectivity index (χ1) is 10.9. The summed E-state index contributed by atoms with van der Waals surface area (Å²) < 4.78 is 0.827. The van der Waals surface area contributed by atoms with Gasteiger partial charge in [0.15, 0.2) is 0 Å². The van der Waals surface area contributed by atoms with E-state index in [2.05, 4.69) is 20.4 Å². The van der Waals surface area contributed by atoms with E-state index < -0.39 is 11.9 Å². The normalized spacial score (nSPS) is 14.4. The van der Waals surface area contributed by atoms with Crippen molar-refractivity contribution in [3.63, 3.8) is 0 Å². The third-order valence-corrected chi connectivity index (χ3v) is 4.63. The molecule has 4 nitrogen and oxygen atoms in total. The number of allylic oxidation sites excluding steroid dienone is 1. The van der Waals surface area contributed by atoms with Gasteiger partial charge in [0, 0.05) is 18.3 Å². The molecule has 0 rings (SSSR count). The molecule has 4 heteroatoms. The summed E-state index contributed by atoms with van der Waals surface area (Å²) in [4.78, 5) is 11.0. The summed E-state index contributed by atoms with van der Waals surface area (Å²) in [6, 6.07) is 0. The minimum absolute atomic E-state index is 0.309. The van der Waals surface area contributed by atoms with Crippen LogP contribution in [0.3, 0.4) is 0 Å². The predicted octanol–water partition coefficient (Wildman–Crippen LogP) is 2.51. The van der Waals surface area contributed by atoms with Crippen LogP contribution in [0, 0.1) is 5.92 Å². The standard InChI is InChI=1S/C19H37NO3/c1-5-8-9-10-11-18(21)16-20(13-6-2,14-7-3)15-12-17(4)19(22)23/h5,17-18,21H,1,6-16H2,2-4H3. The number of aliphatic carboxylic acids is 1. The number of quaternary nitrogens is 1. The van der Waals surface area contributed by atoms with Crippen molar-refractivity contribution in [2.75, 3.05) is 26.2 Å². The van der Waals surface area contributed by atoms with Gasteiger partial charge >= 0.3 is 0 Å². The molecule has 0 aromatic rings. The Kier molecular flexibility index (Phi) is 12.1. The van der Waals surface area contributed by atoms with E-state index in [1.807, 2.05) is 6.08 Å². The maximum Gasteiger partial charge on any atom is 0.105 e. The van der Waals surface area contributed by atoms with Crippen molar-refractivity contribution in [2.45, 2.75) is 71.8 Å². The van der Waals surface area contributed by atoms with Crippen LogP contribution < -0.4 is 5.11 Å². The monoisotopic (exact) mass is 327 g/mol. The lowest BCUT2D eigenvalue weighted by Gasteiger charge is -2.41. The van der Waals surface area contributed by atoms with E-state index in [0.717, 1.165) is 69.2 Å². The smallest absolute Gasteiger partial charge is 0.105 e. The minimum Gasteiger partial charge on any atom is -0.550 e. The molecule has 2 atom stereocenters. The Morgan fingerprint density at radius 3 is 2.26 bits per heavy atom. The van der Waals surface area contributed by atoms with Crippen LogP contribution in [0.2, 0.25) is 0 Å². The summed E-state index contributed by atoms with van der Waals surface area (Å²) in [5, 5.41) is 21.4. The van der Waals surface area contributed by atoms with Gasteiger partial charge < -0.3 is 19.5 Å². The average molecular weight is 328 g/mol. The number of hydrogen-bond donors (Lipinski definition) is 1. The lowest BCUT2D eigenvalue weighted by molar-refractivity contribution is -0.931. The molecule has 2 unspecified atom stereocenters. The van der Waals surface area contributed by atoms with Crippen LogP contribution in [0.1, 0.15) is 65.7 Å². The molecule has 0 aromatic carbocycles. The zero-order valence-corrected chi connectivity index (χ0v) is 15.4. The van der Waals surface area contributed by atoms with Gasteiger partial charge in [0.2, 0.25) is 0 Å². The molecule has 0 aliphatic rings. The van der Waals surface area contributed by atoms with Crippen molar-refractivity contribution >= 4 is 5.97 Å². The van der Waals surface area contributed by atoms with Crippen LogP contribution in [-0.4, -0.2) is 47.8 Å². The molecule has 0 aromatic heterocycles. The van der Waals surface area contributed by atoms with Crippen LogP contribution in [-0.2, 0) is 4.79 Å². The first kappa shape index (κ1) is 22.1. The molecule has 0 heterocycles. The second-order valence-corrected chi connectivity index (χ2v) is 6.93. The average Bonchev–Trinajstić information content (AvgIpc) is 2.49. The van der Waals surface area contributed by atoms with Crippen LogP contribution in [0.4, 0.5) is 0 Å². The van der Waals surface area contributed by atoms with E-state index in [4.69, 9.17) is 0 Å². The third-order valence-electron chi connectivity index (χ3n) is 4.63. The fourth-order valence-electron chi connectivity index (χ4n) is 3.35. The fourth-order valence-corrected chi connectivity index (χ4v) is 3.35. The van der Waals surface area contributed by atoms with Crippen LogP contribution in [0.15, 0.2) is 12.7 Å². The number of carboxylic acid groups (broad SMARTS) is 1. The Morgan fingerprint density at radius 2 is 1.78 bits per heavy atom. The molecular weight excluding hydrogens is 290 g/mol. The topological polar surface area (TPSA) is 60.4 Å². The number of unbranched alkanes of at least 4 members (excludes halogenated alkanes) is 2. The molecule has 0 aliphatic heterocycles. The number of nitrogens with zero attached hydrogens (tertiary/aromatic N) is 1. The molecule has 0 saturated carbocycles. The quantitative estimate of drug-likeness (QED) is 0.286. The van der Waals surface area contributed by atoms with Crippen molar-refractivity contribution in [2.24, 2.45) is 5.92 Å². The highest BCUT2D eigenvalue weighted by Crippen LogP contribution is 2.18. The number of carbonyl (C=O) groups is 1. The van der Waals surface area contributed by atoms with Gasteiger partial charge in [-0.3, -0.25) is 0 Å². The molecule has 0 fully saturated rings. The van der Waals surface area contributed by atoms with Gasteiger partial charge in [0.25, 0.3) is 0 Å². The first-order valence-electron chi connectivity index (χ1n) is 9.25. The number of aliphatic hydroxyl groups is 1. The van der Waals surface area contributed by atoms with E-state index in [9.17, 15) is 15.0 Å². The van der Waals surface area contributed by atoms with Gasteiger partial charge in [0.1, 0.15) is 12.6 Å². The summed E-state index contributed by atoms with van der Waals surface area (Å²) >= 11 is 0. The van der Waals surface area contributed by atoms with Crippen molar-refractivity contribution in [1.82, 2.24) is 0 Å². The molecule has 136 valence electrons. The number of aliphatic hydroxyl groups excluding tert-OH is 1. The lowest BCUT2D eigenvalue weighted by Crippen LogP contribution is -2.54. The molecule has 0 amide bonds. The summed E-state index contributed by atoms with van der Waals surface area (Å²) in [6.07, 6.45) is 8.22. The molecule has 0 bridgehead atoms. The summed E-state index contributed by atoms with van der Waals surface area (Å²) in [7, 11) is 0. The Balaban J connectivity index is 4.67. The summed E-state index contributed by atoms with van der Waals surface area (Å²) in [5.41, 5.74) is 0. The molecule has 1 N–H and O–H groups in total. The van der Waals surface area contributed by atoms with E-state index >= 15 is 0 Å². The van der Waals surface area contributed by atoms with Crippen molar-refractivity contribution in [3.8, 4) is 0 Å². The maximum atomic E-state index is 11.0. The molecule has 0 saturated heterocycles. The van der Waals surface area contributed by atoms with Crippen LogP contribution in [0.5, 0.6) is 0 Å². The highest BCUT2D eigenvalue weighted by atomic mass is 16.4. The second kappa shape index (κ2) is 12.5. The lowest BCUT2D eigenvalue weighted by atomic mass is 10.0. The number of rotatable bonds is 15. The van der Waals surface area contributed by atoms with E-state index in [-0.39, 0.29) is 6.10 Å². The highest BCUT2D eigenvalue weighted by molar-refractivity contribution is 5.66. The first-order valence-corrected chi connectivity index (χ1v) is 9.25. The molecule has 23 heavy (non-hydrogen) atoms. The Morgan fingerprint density at radius 1 is 1.17 bits per heavy atom. The molecule has 0 aliphatic carbocycles. The van der Waals surface area contributed by atoms with Gasteiger partial charge in [0.05, 0.1) is 19.6 Å². The van der Waals surface area contributed by atoms with Gasteiger partial charge in [-0.15, -0.1) is 6.58 Å². The van der Waals surface area contributed by atoms with E-state index in [1.165, 1.54) is 0 Å². The third kappa shape index (κ3) is 9.77. The Hall–Kier alpha value is -0.870. The maximum absolute atomic E-state index is 11.0. The largest absolute Gasteiger partial charge is 0.550 e. The predicted molar refractivity (Wildman–Crippen MR) is 93.8 cm³/mol. The van der Waals surface area contributed by atoms with Crippen LogP contribution in [0.25, 0.3) is 0 Å². The molecular formula is C19H37NO3. The van der Waals surface area contributed by atoms with Crippen LogP contribution >= 0.6 is 0 Å². The zero-order valence-electron chi connectivity index (χ0n) is 15.4. The van der Waals surface area contributed by atoms with Gasteiger partial charge in [-0.1, -0.05) is 33.3 Å². The number of carboxylic acids is 1. The fraction of sp³-hybridized carbons (Fsp3) is 0.842. The Labute approximate surface area is 142 Å². The van der Waals surface area contributed by atoms with Gasteiger partial charge in [-0.2, -0.15) is 0 Å². The molecule has 0 radical (unpaired) electrons. The highest BCUT2D eigenvalue weighted by Gasteiger charge is 2.29. The van der Waals surface area contributed by atoms with Gasteiger partial charge in [-0.05, 0) is 32.1 Å². The Bertz CT molecular complexity index is 325.